The summed E-state index contributed by atoms with van der Waals surface area (Å²) in [5.41, 5.74) is 8.77. The van der Waals surface area contributed by atoms with Gasteiger partial charge in [-0.2, -0.15) is 0 Å². The average molecular weight is 284 g/mol. The molecule has 0 aliphatic carbocycles. The zero-order valence-electron chi connectivity index (χ0n) is 11.3. The van der Waals surface area contributed by atoms with Crippen LogP contribution in [0.1, 0.15) is 24.0 Å². The van der Waals surface area contributed by atoms with E-state index < -0.39 is 10.0 Å². The van der Waals surface area contributed by atoms with Gasteiger partial charge in [0.2, 0.25) is 10.0 Å². The second-order valence-corrected chi connectivity index (χ2v) is 6.75. The molecular weight excluding hydrogens is 264 g/mol. The Bertz CT molecular complexity index is 563. The van der Waals surface area contributed by atoms with Gasteiger partial charge < -0.3 is 10.5 Å². The number of hydrogen-bond donors (Lipinski definition) is 2. The molecule has 2 rings (SSSR count). The first kappa shape index (κ1) is 14.1. The second-order valence-electron chi connectivity index (χ2n) is 4.99. The van der Waals surface area contributed by atoms with Gasteiger partial charge in [0.05, 0.1) is 17.5 Å². The van der Waals surface area contributed by atoms with Crippen molar-refractivity contribution in [1.29, 1.82) is 0 Å². The van der Waals surface area contributed by atoms with Crippen molar-refractivity contribution in [3.05, 3.63) is 23.3 Å². The minimum absolute atomic E-state index is 0.000219. The normalized spacial score (nSPS) is 19.6. The van der Waals surface area contributed by atoms with Crippen molar-refractivity contribution in [2.45, 2.75) is 32.8 Å². The molecule has 1 aliphatic rings. The van der Waals surface area contributed by atoms with Gasteiger partial charge in [0.1, 0.15) is 0 Å². The van der Waals surface area contributed by atoms with Crippen LogP contribution in [0.4, 0.5) is 11.4 Å². The molecule has 1 atom stereocenters. The Labute approximate surface area is 114 Å². The van der Waals surface area contributed by atoms with Gasteiger partial charge in [-0.15, -0.1) is 0 Å². The van der Waals surface area contributed by atoms with Crippen LogP contribution in [-0.2, 0) is 14.8 Å². The van der Waals surface area contributed by atoms with E-state index in [0.717, 1.165) is 24.0 Å². The quantitative estimate of drug-likeness (QED) is 0.826. The Kier molecular flexibility index (Phi) is 4.01. The van der Waals surface area contributed by atoms with Gasteiger partial charge >= 0.3 is 0 Å². The monoisotopic (exact) mass is 284 g/mol. The molecular formula is C13H20N2O3S. The van der Waals surface area contributed by atoms with Crippen LogP contribution in [0.3, 0.4) is 0 Å². The summed E-state index contributed by atoms with van der Waals surface area (Å²) in [5.74, 6) is 0.000219. The fourth-order valence-corrected chi connectivity index (χ4v) is 3.60. The van der Waals surface area contributed by atoms with Crippen molar-refractivity contribution in [2.24, 2.45) is 0 Å². The molecule has 0 spiro atoms. The summed E-state index contributed by atoms with van der Waals surface area (Å²) in [6, 6.07) is 3.56. The van der Waals surface area contributed by atoms with Gasteiger partial charge in [0.15, 0.2) is 0 Å². The molecule has 0 saturated carbocycles. The van der Waals surface area contributed by atoms with Gasteiger partial charge in [-0.3, -0.25) is 4.72 Å². The summed E-state index contributed by atoms with van der Waals surface area (Å²) in [5, 5.41) is 0. The molecule has 1 aromatic carbocycles. The number of hydrogen-bond acceptors (Lipinski definition) is 4. The van der Waals surface area contributed by atoms with E-state index in [1.165, 1.54) is 0 Å². The maximum atomic E-state index is 12.1. The predicted octanol–water partition coefficient (Wildman–Crippen LogP) is 1.81. The summed E-state index contributed by atoms with van der Waals surface area (Å²) in [6.07, 6.45) is 1.53. The number of nitrogen functional groups attached to an aromatic ring is 1. The van der Waals surface area contributed by atoms with Crippen LogP contribution in [0.15, 0.2) is 12.1 Å². The lowest BCUT2D eigenvalue weighted by atomic mass is 10.1. The molecule has 1 aliphatic heterocycles. The molecule has 5 nitrogen and oxygen atoms in total. The minimum Gasteiger partial charge on any atom is -0.398 e. The van der Waals surface area contributed by atoms with E-state index in [0.29, 0.717) is 18.0 Å². The lowest BCUT2D eigenvalue weighted by Gasteiger charge is -2.15. The number of benzene rings is 1. The summed E-state index contributed by atoms with van der Waals surface area (Å²) < 4.78 is 32.1. The highest BCUT2D eigenvalue weighted by Gasteiger charge is 2.23. The fraction of sp³-hybridized carbons (Fsp3) is 0.538. The van der Waals surface area contributed by atoms with Crippen LogP contribution < -0.4 is 10.5 Å². The summed E-state index contributed by atoms with van der Waals surface area (Å²) >= 11 is 0. The maximum absolute atomic E-state index is 12.1. The number of nitrogens with two attached hydrogens (primary N) is 1. The van der Waals surface area contributed by atoms with Crippen LogP contribution in [-0.4, -0.2) is 26.9 Å². The van der Waals surface area contributed by atoms with E-state index in [2.05, 4.69) is 4.72 Å². The van der Waals surface area contributed by atoms with Crippen molar-refractivity contribution < 1.29 is 13.2 Å². The highest BCUT2D eigenvalue weighted by molar-refractivity contribution is 7.92. The van der Waals surface area contributed by atoms with Crippen molar-refractivity contribution in [2.75, 3.05) is 22.8 Å². The topological polar surface area (TPSA) is 81.4 Å². The highest BCUT2D eigenvalue weighted by atomic mass is 32.2. The Balaban J connectivity index is 2.13. The SMILES string of the molecule is Cc1ccc(NS(=O)(=O)CC2CCCO2)c(C)c1N. The van der Waals surface area contributed by atoms with Gasteiger partial charge in [-0.05, 0) is 43.9 Å². The zero-order valence-corrected chi connectivity index (χ0v) is 12.1. The largest absolute Gasteiger partial charge is 0.398 e. The van der Waals surface area contributed by atoms with E-state index in [1.54, 1.807) is 6.07 Å². The first-order valence-corrected chi connectivity index (χ1v) is 8.02. The molecule has 0 amide bonds. The highest BCUT2D eigenvalue weighted by Crippen LogP contribution is 2.25. The predicted molar refractivity (Wildman–Crippen MR) is 76.7 cm³/mol. The number of ether oxygens (including phenoxy) is 1. The molecule has 0 radical (unpaired) electrons. The molecule has 6 heteroatoms. The van der Waals surface area contributed by atoms with Crippen molar-refractivity contribution in [3.63, 3.8) is 0 Å². The number of anilines is 2. The molecule has 1 heterocycles. The Morgan fingerprint density at radius 2 is 2.16 bits per heavy atom. The Morgan fingerprint density at radius 1 is 1.42 bits per heavy atom. The number of aryl methyl sites for hydroxylation is 1. The zero-order chi connectivity index (χ0) is 14.0. The van der Waals surface area contributed by atoms with Crippen LogP contribution in [0.2, 0.25) is 0 Å². The molecule has 1 aromatic rings. The van der Waals surface area contributed by atoms with Crippen molar-refractivity contribution in [3.8, 4) is 0 Å². The van der Waals surface area contributed by atoms with Crippen LogP contribution >= 0.6 is 0 Å². The number of nitrogens with one attached hydrogen (secondary N) is 1. The number of rotatable bonds is 4. The van der Waals surface area contributed by atoms with Gasteiger partial charge in [-0.25, -0.2) is 8.42 Å². The van der Waals surface area contributed by atoms with Gasteiger partial charge in [0.25, 0.3) is 0 Å². The molecule has 1 saturated heterocycles. The van der Waals surface area contributed by atoms with Gasteiger partial charge in [0, 0.05) is 12.3 Å². The summed E-state index contributed by atoms with van der Waals surface area (Å²) in [4.78, 5) is 0. The second kappa shape index (κ2) is 5.38. The molecule has 1 fully saturated rings. The third kappa shape index (κ3) is 3.39. The van der Waals surface area contributed by atoms with E-state index in [1.807, 2.05) is 19.9 Å². The first-order chi connectivity index (χ1) is 8.89. The Morgan fingerprint density at radius 3 is 2.79 bits per heavy atom. The van der Waals surface area contributed by atoms with Crippen molar-refractivity contribution >= 4 is 21.4 Å². The van der Waals surface area contributed by atoms with E-state index in [-0.39, 0.29) is 11.9 Å². The fourth-order valence-electron chi connectivity index (χ4n) is 2.20. The molecule has 19 heavy (non-hydrogen) atoms. The minimum atomic E-state index is -3.40. The van der Waals surface area contributed by atoms with Gasteiger partial charge in [-0.1, -0.05) is 6.07 Å². The molecule has 106 valence electrons. The van der Waals surface area contributed by atoms with Crippen LogP contribution in [0, 0.1) is 13.8 Å². The first-order valence-electron chi connectivity index (χ1n) is 6.37. The van der Waals surface area contributed by atoms with E-state index >= 15 is 0 Å². The summed E-state index contributed by atoms with van der Waals surface area (Å²) in [7, 11) is -3.40. The lowest BCUT2D eigenvalue weighted by Crippen LogP contribution is -2.26. The Hall–Kier alpha value is -1.27. The average Bonchev–Trinajstić information content (AvgIpc) is 2.82. The number of sulfonamides is 1. The summed E-state index contributed by atoms with van der Waals surface area (Å²) in [6.45, 7) is 4.36. The maximum Gasteiger partial charge on any atom is 0.235 e. The molecule has 1 unspecified atom stereocenters. The van der Waals surface area contributed by atoms with E-state index in [4.69, 9.17) is 10.5 Å². The molecule has 3 N–H and O–H groups in total. The molecule has 0 aromatic heterocycles. The smallest absolute Gasteiger partial charge is 0.235 e. The van der Waals surface area contributed by atoms with E-state index in [9.17, 15) is 8.42 Å². The molecule has 0 bridgehead atoms. The lowest BCUT2D eigenvalue weighted by molar-refractivity contribution is 0.127. The standard InChI is InChI=1S/C13H20N2O3S/c1-9-5-6-12(10(2)13(9)14)15-19(16,17)8-11-4-3-7-18-11/h5-6,11,15H,3-4,7-8,14H2,1-2H3. The third-order valence-electron chi connectivity index (χ3n) is 3.43. The van der Waals surface area contributed by atoms with Crippen LogP contribution in [0.25, 0.3) is 0 Å². The third-order valence-corrected chi connectivity index (χ3v) is 4.77. The van der Waals surface area contributed by atoms with Crippen molar-refractivity contribution in [1.82, 2.24) is 0 Å². The van der Waals surface area contributed by atoms with Crippen LogP contribution in [0.5, 0.6) is 0 Å².